The number of ether oxygens (including phenoxy) is 1. The maximum atomic E-state index is 13.5. The Morgan fingerprint density at radius 1 is 1.41 bits per heavy atom. The maximum absolute atomic E-state index is 13.5. The van der Waals surface area contributed by atoms with Gasteiger partial charge in [-0.1, -0.05) is 12.1 Å². The van der Waals surface area contributed by atoms with E-state index in [9.17, 15) is 4.39 Å². The molecule has 2 aliphatic rings. The molecule has 1 unspecified atom stereocenters. The van der Waals surface area contributed by atoms with Gasteiger partial charge in [0.2, 0.25) is 0 Å². The summed E-state index contributed by atoms with van der Waals surface area (Å²) < 4.78 is 19.0. The fraction of sp³-hybridized carbons (Fsp3) is 0.650. The third-order valence-corrected chi connectivity index (χ3v) is 6.53. The Balaban J connectivity index is 1.71. The van der Waals surface area contributed by atoms with Crippen molar-refractivity contribution in [2.24, 2.45) is 4.99 Å². The van der Waals surface area contributed by atoms with Crippen molar-refractivity contribution in [1.82, 2.24) is 15.1 Å². The average Bonchev–Trinajstić information content (AvgIpc) is 3.16. The standard InChI is InChI=1S/C20H31FN4OS/c1-3-22-19(24(2)14-17-5-4-6-18(21)13-17)23-15-20(7-12-27-16-20)25-8-10-26-11-9-25/h4-6,13H,3,7-12,14-16H2,1-2H3,(H,22,23). The predicted molar refractivity (Wildman–Crippen MR) is 111 cm³/mol. The summed E-state index contributed by atoms with van der Waals surface area (Å²) in [4.78, 5) is 9.66. The molecule has 1 aromatic carbocycles. The van der Waals surface area contributed by atoms with Gasteiger partial charge in [-0.25, -0.2) is 4.39 Å². The molecule has 0 bridgehead atoms. The summed E-state index contributed by atoms with van der Waals surface area (Å²) in [6, 6.07) is 6.77. The van der Waals surface area contributed by atoms with Crippen LogP contribution in [0.4, 0.5) is 4.39 Å². The highest BCUT2D eigenvalue weighted by Gasteiger charge is 2.40. The summed E-state index contributed by atoms with van der Waals surface area (Å²) in [7, 11) is 2.01. The first-order chi connectivity index (χ1) is 13.1. The minimum atomic E-state index is -0.197. The molecule has 0 aliphatic carbocycles. The summed E-state index contributed by atoms with van der Waals surface area (Å²) in [5.41, 5.74) is 1.08. The molecule has 27 heavy (non-hydrogen) atoms. The van der Waals surface area contributed by atoms with Crippen LogP contribution in [0.2, 0.25) is 0 Å². The lowest BCUT2D eigenvalue weighted by atomic mass is 9.96. The second kappa shape index (κ2) is 9.75. The predicted octanol–water partition coefficient (Wildman–Crippen LogP) is 2.43. The second-order valence-electron chi connectivity index (χ2n) is 7.28. The summed E-state index contributed by atoms with van der Waals surface area (Å²) >= 11 is 2.02. The molecule has 0 aromatic heterocycles. The molecule has 2 aliphatic heterocycles. The molecule has 2 saturated heterocycles. The molecule has 2 heterocycles. The van der Waals surface area contributed by atoms with Crippen molar-refractivity contribution >= 4 is 17.7 Å². The van der Waals surface area contributed by atoms with Gasteiger partial charge >= 0.3 is 0 Å². The minimum absolute atomic E-state index is 0.134. The van der Waals surface area contributed by atoms with Crippen LogP contribution in [0, 0.1) is 5.82 Å². The highest BCUT2D eigenvalue weighted by Crippen LogP contribution is 2.34. The van der Waals surface area contributed by atoms with E-state index in [4.69, 9.17) is 9.73 Å². The molecule has 0 amide bonds. The third kappa shape index (κ3) is 5.36. The number of hydrogen-bond donors (Lipinski definition) is 1. The number of morpholine rings is 1. The zero-order chi connectivity index (χ0) is 19.1. The number of nitrogens with one attached hydrogen (secondary N) is 1. The van der Waals surface area contributed by atoms with Gasteiger partial charge < -0.3 is 15.0 Å². The van der Waals surface area contributed by atoms with E-state index in [2.05, 4.69) is 22.0 Å². The highest BCUT2D eigenvalue weighted by molar-refractivity contribution is 7.99. The molecule has 0 spiro atoms. The summed E-state index contributed by atoms with van der Waals surface area (Å²) in [5, 5.41) is 3.39. The first kappa shape index (κ1) is 20.4. The molecule has 0 radical (unpaired) electrons. The number of guanidine groups is 1. The average molecular weight is 395 g/mol. The van der Waals surface area contributed by atoms with Crippen molar-refractivity contribution < 1.29 is 9.13 Å². The molecule has 1 N–H and O–H groups in total. The van der Waals surface area contributed by atoms with Crippen LogP contribution in [-0.2, 0) is 11.3 Å². The van der Waals surface area contributed by atoms with E-state index in [0.29, 0.717) is 6.54 Å². The quantitative estimate of drug-likeness (QED) is 0.593. The van der Waals surface area contributed by atoms with Crippen LogP contribution in [0.1, 0.15) is 18.9 Å². The number of rotatable bonds is 6. The lowest BCUT2D eigenvalue weighted by Gasteiger charge is -2.42. The zero-order valence-corrected chi connectivity index (χ0v) is 17.2. The number of aliphatic imine (C=N–C) groups is 1. The summed E-state index contributed by atoms with van der Waals surface area (Å²) in [6.07, 6.45) is 1.17. The molecular weight excluding hydrogens is 363 g/mol. The van der Waals surface area contributed by atoms with Crippen LogP contribution in [-0.4, -0.2) is 79.2 Å². The van der Waals surface area contributed by atoms with E-state index < -0.39 is 0 Å². The van der Waals surface area contributed by atoms with Crippen LogP contribution < -0.4 is 5.32 Å². The normalized spacial score (nSPS) is 24.2. The largest absolute Gasteiger partial charge is 0.379 e. The highest BCUT2D eigenvalue weighted by atomic mass is 32.2. The molecule has 1 aromatic rings. The Bertz CT molecular complexity index is 630. The number of thioether (sulfide) groups is 1. The first-order valence-electron chi connectivity index (χ1n) is 9.77. The van der Waals surface area contributed by atoms with Crippen LogP contribution in [0.15, 0.2) is 29.3 Å². The summed E-state index contributed by atoms with van der Waals surface area (Å²) in [6.45, 7) is 7.92. The molecule has 3 rings (SSSR count). The van der Waals surface area contributed by atoms with Gasteiger partial charge in [0.05, 0.1) is 25.3 Å². The molecule has 150 valence electrons. The van der Waals surface area contributed by atoms with Crippen LogP contribution >= 0.6 is 11.8 Å². The summed E-state index contributed by atoms with van der Waals surface area (Å²) in [5.74, 6) is 3.01. The number of nitrogens with zero attached hydrogens (tertiary/aromatic N) is 3. The van der Waals surface area contributed by atoms with Crippen LogP contribution in [0.25, 0.3) is 0 Å². The van der Waals surface area contributed by atoms with Gasteiger partial charge in [-0.3, -0.25) is 9.89 Å². The van der Waals surface area contributed by atoms with E-state index in [0.717, 1.165) is 56.7 Å². The van der Waals surface area contributed by atoms with Crippen molar-refractivity contribution in [1.29, 1.82) is 0 Å². The Kier molecular flexibility index (Phi) is 7.38. The van der Waals surface area contributed by atoms with Gasteiger partial charge in [0, 0.05) is 39.0 Å². The first-order valence-corrected chi connectivity index (χ1v) is 10.9. The second-order valence-corrected chi connectivity index (χ2v) is 8.39. The van der Waals surface area contributed by atoms with Crippen molar-refractivity contribution in [3.8, 4) is 0 Å². The zero-order valence-electron chi connectivity index (χ0n) is 16.4. The Labute approximate surface area is 166 Å². The molecule has 1 atom stereocenters. The van der Waals surface area contributed by atoms with Crippen molar-refractivity contribution in [3.63, 3.8) is 0 Å². The Hall–Kier alpha value is -1.31. The van der Waals surface area contributed by atoms with E-state index in [-0.39, 0.29) is 11.4 Å². The maximum Gasteiger partial charge on any atom is 0.194 e. The van der Waals surface area contributed by atoms with Gasteiger partial charge in [0.25, 0.3) is 0 Å². The third-order valence-electron chi connectivity index (χ3n) is 5.29. The SMILES string of the molecule is CCNC(=NCC1(N2CCOCC2)CCSC1)N(C)Cc1cccc(F)c1. The van der Waals surface area contributed by atoms with E-state index in [1.54, 1.807) is 12.1 Å². The van der Waals surface area contributed by atoms with Crippen LogP contribution in [0.3, 0.4) is 0 Å². The topological polar surface area (TPSA) is 40.1 Å². The molecule has 0 saturated carbocycles. The van der Waals surface area contributed by atoms with Crippen molar-refractivity contribution in [2.45, 2.75) is 25.4 Å². The fourth-order valence-electron chi connectivity index (χ4n) is 3.78. The molecule has 5 nitrogen and oxygen atoms in total. The van der Waals surface area contributed by atoms with Crippen LogP contribution in [0.5, 0.6) is 0 Å². The Morgan fingerprint density at radius 3 is 2.89 bits per heavy atom. The van der Waals surface area contributed by atoms with E-state index in [1.165, 1.54) is 18.2 Å². The monoisotopic (exact) mass is 394 g/mol. The fourth-order valence-corrected chi connectivity index (χ4v) is 5.25. The number of hydrogen-bond acceptors (Lipinski definition) is 4. The number of benzene rings is 1. The molecule has 2 fully saturated rings. The molecule has 7 heteroatoms. The minimum Gasteiger partial charge on any atom is -0.379 e. The smallest absolute Gasteiger partial charge is 0.194 e. The van der Waals surface area contributed by atoms with Crippen molar-refractivity contribution in [3.05, 3.63) is 35.6 Å². The lowest BCUT2D eigenvalue weighted by molar-refractivity contribution is -0.0105. The van der Waals surface area contributed by atoms with Gasteiger partial charge in [0.15, 0.2) is 5.96 Å². The van der Waals surface area contributed by atoms with E-state index in [1.807, 2.05) is 24.9 Å². The molecular formula is C20H31FN4OS. The Morgan fingerprint density at radius 2 is 2.22 bits per heavy atom. The van der Waals surface area contributed by atoms with Gasteiger partial charge in [-0.2, -0.15) is 11.8 Å². The van der Waals surface area contributed by atoms with Gasteiger partial charge in [-0.15, -0.1) is 0 Å². The number of halogens is 1. The van der Waals surface area contributed by atoms with Crippen molar-refractivity contribution in [2.75, 3.05) is 57.9 Å². The van der Waals surface area contributed by atoms with Gasteiger partial charge in [0.1, 0.15) is 5.82 Å². The van der Waals surface area contributed by atoms with E-state index >= 15 is 0 Å². The lowest BCUT2D eigenvalue weighted by Crippen LogP contribution is -2.56. The van der Waals surface area contributed by atoms with Gasteiger partial charge in [-0.05, 0) is 36.8 Å².